The summed E-state index contributed by atoms with van der Waals surface area (Å²) in [4.78, 5) is 2.21. The third-order valence-electron chi connectivity index (χ3n) is 3.03. The van der Waals surface area contributed by atoms with Crippen LogP contribution in [-0.2, 0) is 6.54 Å². The molecule has 0 saturated carbocycles. The van der Waals surface area contributed by atoms with Crippen molar-refractivity contribution >= 4 is 0 Å². The highest BCUT2D eigenvalue weighted by molar-refractivity contribution is 5.33. The molecule has 1 saturated heterocycles. The lowest BCUT2D eigenvalue weighted by atomic mass is 10.0. The Kier molecular flexibility index (Phi) is 3.72. The molecule has 1 aromatic rings. The third-order valence-corrected chi connectivity index (χ3v) is 3.03. The second kappa shape index (κ2) is 5.26. The van der Waals surface area contributed by atoms with Gasteiger partial charge in [-0.2, -0.15) is 5.26 Å². The van der Waals surface area contributed by atoms with Gasteiger partial charge in [0.15, 0.2) is 0 Å². The minimum Gasteiger partial charge on any atom is -0.327 e. The van der Waals surface area contributed by atoms with E-state index in [2.05, 4.69) is 4.90 Å². The molecule has 2 N–H and O–H groups in total. The van der Waals surface area contributed by atoms with Crippen LogP contribution >= 0.6 is 0 Å². The number of halogens is 1. The lowest BCUT2D eigenvalue weighted by Crippen LogP contribution is -2.42. The van der Waals surface area contributed by atoms with Crippen LogP contribution in [0.5, 0.6) is 0 Å². The summed E-state index contributed by atoms with van der Waals surface area (Å²) in [5.74, 6) is -0.347. The molecule has 1 aromatic carbocycles. The van der Waals surface area contributed by atoms with Gasteiger partial charge in [-0.25, -0.2) is 4.39 Å². The van der Waals surface area contributed by atoms with Crippen molar-refractivity contribution in [1.82, 2.24) is 4.90 Å². The van der Waals surface area contributed by atoms with E-state index < -0.39 is 0 Å². The van der Waals surface area contributed by atoms with Gasteiger partial charge in [0.25, 0.3) is 0 Å². The van der Waals surface area contributed by atoms with E-state index in [1.54, 1.807) is 6.07 Å². The van der Waals surface area contributed by atoms with E-state index in [4.69, 9.17) is 11.0 Å². The molecule has 17 heavy (non-hydrogen) atoms. The molecule has 4 heteroatoms. The fraction of sp³-hybridized carbons (Fsp3) is 0.462. The van der Waals surface area contributed by atoms with Gasteiger partial charge in [0.1, 0.15) is 5.82 Å². The molecule has 0 spiro atoms. The quantitative estimate of drug-likeness (QED) is 0.844. The van der Waals surface area contributed by atoms with Gasteiger partial charge in [-0.05, 0) is 43.1 Å². The van der Waals surface area contributed by atoms with Crippen molar-refractivity contribution in [3.63, 3.8) is 0 Å². The molecule has 2 rings (SSSR count). The fourth-order valence-electron chi connectivity index (χ4n) is 2.30. The van der Waals surface area contributed by atoms with Crippen LogP contribution in [0, 0.1) is 17.1 Å². The summed E-state index contributed by atoms with van der Waals surface area (Å²) in [5.41, 5.74) is 7.12. The van der Waals surface area contributed by atoms with E-state index in [-0.39, 0.29) is 11.9 Å². The Hall–Kier alpha value is -1.44. The van der Waals surface area contributed by atoms with Crippen LogP contribution in [0.3, 0.4) is 0 Å². The molecule has 1 unspecified atom stereocenters. The second-order valence-corrected chi connectivity index (χ2v) is 4.60. The molecule has 0 bridgehead atoms. The van der Waals surface area contributed by atoms with E-state index >= 15 is 0 Å². The van der Waals surface area contributed by atoms with Crippen molar-refractivity contribution in [2.75, 3.05) is 13.1 Å². The zero-order valence-electron chi connectivity index (χ0n) is 9.69. The van der Waals surface area contributed by atoms with Crippen LogP contribution < -0.4 is 5.73 Å². The smallest absolute Gasteiger partial charge is 0.124 e. The van der Waals surface area contributed by atoms with Gasteiger partial charge in [0.05, 0.1) is 11.6 Å². The lowest BCUT2D eigenvalue weighted by molar-refractivity contribution is 0.201. The molecule has 1 aliphatic rings. The van der Waals surface area contributed by atoms with E-state index in [1.807, 2.05) is 6.07 Å². The second-order valence-electron chi connectivity index (χ2n) is 4.60. The minimum atomic E-state index is -0.347. The SMILES string of the molecule is N#Cc1cc(F)cc(CN2CCCC(N)C2)c1. The summed E-state index contributed by atoms with van der Waals surface area (Å²) >= 11 is 0. The highest BCUT2D eigenvalue weighted by Crippen LogP contribution is 2.15. The first-order valence-corrected chi connectivity index (χ1v) is 5.85. The highest BCUT2D eigenvalue weighted by Gasteiger charge is 2.16. The van der Waals surface area contributed by atoms with Crippen LogP contribution in [0.4, 0.5) is 4.39 Å². The molecule has 0 aliphatic carbocycles. The monoisotopic (exact) mass is 233 g/mol. The maximum atomic E-state index is 13.3. The molecular formula is C13H16FN3. The third kappa shape index (κ3) is 3.26. The topological polar surface area (TPSA) is 53.0 Å². The Morgan fingerprint density at radius 3 is 3.00 bits per heavy atom. The molecule has 1 aliphatic heterocycles. The Balaban J connectivity index is 2.07. The predicted molar refractivity (Wildman–Crippen MR) is 63.6 cm³/mol. The van der Waals surface area contributed by atoms with Gasteiger partial charge < -0.3 is 5.73 Å². The number of nitrogens with zero attached hydrogens (tertiary/aromatic N) is 2. The zero-order chi connectivity index (χ0) is 12.3. The Bertz CT molecular complexity index is 439. The summed E-state index contributed by atoms with van der Waals surface area (Å²) < 4.78 is 13.3. The average molecular weight is 233 g/mol. The number of hydrogen-bond donors (Lipinski definition) is 1. The van der Waals surface area contributed by atoms with Crippen LogP contribution in [-0.4, -0.2) is 24.0 Å². The summed E-state index contributed by atoms with van der Waals surface area (Å²) in [5, 5.41) is 8.78. The number of likely N-dealkylation sites (tertiary alicyclic amines) is 1. The maximum absolute atomic E-state index is 13.3. The van der Waals surface area contributed by atoms with Gasteiger partial charge in [-0.15, -0.1) is 0 Å². The van der Waals surface area contributed by atoms with Gasteiger partial charge in [0, 0.05) is 19.1 Å². The Morgan fingerprint density at radius 1 is 1.47 bits per heavy atom. The molecular weight excluding hydrogens is 217 g/mol. The van der Waals surface area contributed by atoms with Crippen LogP contribution in [0.25, 0.3) is 0 Å². The first kappa shape index (κ1) is 12.0. The van der Waals surface area contributed by atoms with Crippen molar-refractivity contribution in [3.8, 4) is 6.07 Å². The molecule has 3 nitrogen and oxygen atoms in total. The Morgan fingerprint density at radius 2 is 2.29 bits per heavy atom. The molecule has 1 fully saturated rings. The Labute approximate surface area is 101 Å². The fourth-order valence-corrected chi connectivity index (χ4v) is 2.30. The normalized spacial score (nSPS) is 21.1. The van der Waals surface area contributed by atoms with Crippen molar-refractivity contribution in [3.05, 3.63) is 35.1 Å². The van der Waals surface area contributed by atoms with Gasteiger partial charge in [-0.1, -0.05) is 0 Å². The number of nitriles is 1. The van der Waals surface area contributed by atoms with Gasteiger partial charge in [-0.3, -0.25) is 4.90 Å². The molecule has 90 valence electrons. The van der Waals surface area contributed by atoms with Crippen molar-refractivity contribution in [1.29, 1.82) is 5.26 Å². The maximum Gasteiger partial charge on any atom is 0.124 e. The number of rotatable bonds is 2. The van der Waals surface area contributed by atoms with Gasteiger partial charge in [0.2, 0.25) is 0 Å². The standard InChI is InChI=1S/C13H16FN3/c14-12-5-10(7-15)4-11(6-12)8-17-3-1-2-13(16)9-17/h4-6,13H,1-3,8-9,16H2. The van der Waals surface area contributed by atoms with Gasteiger partial charge >= 0.3 is 0 Å². The lowest BCUT2D eigenvalue weighted by Gasteiger charge is -2.30. The van der Waals surface area contributed by atoms with Crippen LogP contribution in [0.2, 0.25) is 0 Å². The number of nitrogens with two attached hydrogens (primary N) is 1. The molecule has 0 amide bonds. The van der Waals surface area contributed by atoms with E-state index in [1.165, 1.54) is 12.1 Å². The number of piperidine rings is 1. The largest absolute Gasteiger partial charge is 0.327 e. The summed E-state index contributed by atoms with van der Waals surface area (Å²) in [6.07, 6.45) is 2.14. The van der Waals surface area contributed by atoms with Crippen LogP contribution in [0.15, 0.2) is 18.2 Å². The van der Waals surface area contributed by atoms with Crippen molar-refractivity contribution in [2.45, 2.75) is 25.4 Å². The zero-order valence-corrected chi connectivity index (χ0v) is 9.69. The number of benzene rings is 1. The molecule has 0 radical (unpaired) electrons. The van der Waals surface area contributed by atoms with Crippen LogP contribution in [0.1, 0.15) is 24.0 Å². The molecule has 1 heterocycles. The number of hydrogen-bond acceptors (Lipinski definition) is 3. The van der Waals surface area contributed by atoms with E-state index in [9.17, 15) is 4.39 Å². The first-order valence-electron chi connectivity index (χ1n) is 5.85. The summed E-state index contributed by atoms with van der Waals surface area (Å²) in [7, 11) is 0. The van der Waals surface area contributed by atoms with E-state index in [0.717, 1.165) is 31.5 Å². The van der Waals surface area contributed by atoms with E-state index in [0.29, 0.717) is 12.1 Å². The molecule has 1 atom stereocenters. The summed E-state index contributed by atoms with van der Waals surface area (Å²) in [6.45, 7) is 2.50. The van der Waals surface area contributed by atoms with Crippen molar-refractivity contribution < 1.29 is 4.39 Å². The predicted octanol–water partition coefficient (Wildman–Crippen LogP) is 1.62. The molecule has 0 aromatic heterocycles. The van der Waals surface area contributed by atoms with Crippen molar-refractivity contribution in [2.24, 2.45) is 5.73 Å². The minimum absolute atomic E-state index is 0.216. The summed E-state index contributed by atoms with van der Waals surface area (Å²) in [6, 6.07) is 6.67. The highest BCUT2D eigenvalue weighted by atomic mass is 19.1. The first-order chi connectivity index (χ1) is 8.17. The average Bonchev–Trinajstić information content (AvgIpc) is 2.28.